The highest BCUT2D eigenvalue weighted by Crippen LogP contribution is 2.18. The highest BCUT2D eigenvalue weighted by atomic mass is 19.1. The van der Waals surface area contributed by atoms with Crippen LogP contribution in [0.2, 0.25) is 0 Å². The fourth-order valence-electron chi connectivity index (χ4n) is 3.57. The molecule has 0 radical (unpaired) electrons. The van der Waals surface area contributed by atoms with E-state index in [1.807, 2.05) is 11.0 Å². The lowest BCUT2D eigenvalue weighted by molar-refractivity contribution is 0.188. The molecule has 5 nitrogen and oxygen atoms in total. The lowest BCUT2D eigenvalue weighted by atomic mass is 10.0. The van der Waals surface area contributed by atoms with Crippen molar-refractivity contribution in [3.63, 3.8) is 0 Å². The van der Waals surface area contributed by atoms with Crippen molar-refractivity contribution in [1.29, 1.82) is 5.26 Å². The third kappa shape index (κ3) is 5.51. The number of hydrogen-bond donors (Lipinski definition) is 2. The molecule has 3 rings (SSSR count). The predicted molar refractivity (Wildman–Crippen MR) is 109 cm³/mol. The smallest absolute Gasteiger partial charge is 0.191 e. The minimum Gasteiger partial charge on any atom is -0.352 e. The van der Waals surface area contributed by atoms with Crippen molar-refractivity contribution in [1.82, 2.24) is 15.5 Å². The Balaban J connectivity index is 1.57. The Morgan fingerprint density at radius 1 is 1.20 bits per heavy atom. The molecular formula is C22H24F3N5. The lowest BCUT2D eigenvalue weighted by Gasteiger charge is -2.34. The van der Waals surface area contributed by atoms with Gasteiger partial charge >= 0.3 is 0 Å². The largest absolute Gasteiger partial charge is 0.352 e. The molecule has 8 heteroatoms. The number of benzene rings is 2. The number of nitriles is 1. The third-order valence-electron chi connectivity index (χ3n) is 5.13. The van der Waals surface area contributed by atoms with Gasteiger partial charge in [0.1, 0.15) is 17.5 Å². The fourth-order valence-corrected chi connectivity index (χ4v) is 3.57. The monoisotopic (exact) mass is 415 g/mol. The first-order valence-electron chi connectivity index (χ1n) is 9.81. The van der Waals surface area contributed by atoms with Crippen LogP contribution in [0.5, 0.6) is 0 Å². The SMILES string of the molecule is CN=C(NCc1cc(C#N)ccc1F)NC1CCCN(Cc2c(F)cccc2F)C1. The van der Waals surface area contributed by atoms with E-state index in [9.17, 15) is 13.2 Å². The maximum absolute atomic E-state index is 14.0. The molecule has 2 aromatic carbocycles. The average molecular weight is 415 g/mol. The standard InChI is InChI=1S/C22H24F3N5/c1-27-22(28-12-16-10-15(11-26)7-8-19(16)23)29-17-4-3-9-30(13-17)14-18-20(24)5-2-6-21(18)25/h2,5-8,10,17H,3-4,9,12-14H2,1H3,(H2,27,28,29). The van der Waals surface area contributed by atoms with Crippen LogP contribution >= 0.6 is 0 Å². The van der Waals surface area contributed by atoms with Gasteiger partial charge in [0, 0.05) is 43.9 Å². The van der Waals surface area contributed by atoms with Crippen LogP contribution in [-0.4, -0.2) is 37.0 Å². The number of nitrogens with zero attached hydrogens (tertiary/aromatic N) is 3. The van der Waals surface area contributed by atoms with Crippen molar-refractivity contribution in [2.75, 3.05) is 20.1 Å². The van der Waals surface area contributed by atoms with Crippen LogP contribution in [0.15, 0.2) is 41.4 Å². The zero-order valence-corrected chi connectivity index (χ0v) is 16.8. The van der Waals surface area contributed by atoms with Crippen molar-refractivity contribution < 1.29 is 13.2 Å². The summed E-state index contributed by atoms with van der Waals surface area (Å²) in [5.74, 6) is -0.971. The van der Waals surface area contributed by atoms with Crippen LogP contribution in [0.3, 0.4) is 0 Å². The summed E-state index contributed by atoms with van der Waals surface area (Å²) in [5.41, 5.74) is 0.838. The van der Waals surface area contributed by atoms with Gasteiger partial charge in [-0.05, 0) is 49.7 Å². The first kappa shape index (κ1) is 21.7. The van der Waals surface area contributed by atoms with Crippen LogP contribution in [-0.2, 0) is 13.1 Å². The molecule has 0 saturated carbocycles. The highest BCUT2D eigenvalue weighted by molar-refractivity contribution is 5.80. The second-order valence-corrected chi connectivity index (χ2v) is 7.26. The van der Waals surface area contributed by atoms with Crippen LogP contribution in [0, 0.1) is 28.8 Å². The van der Waals surface area contributed by atoms with E-state index in [-0.39, 0.29) is 24.7 Å². The molecule has 2 aromatic rings. The van der Waals surface area contributed by atoms with Gasteiger partial charge < -0.3 is 10.6 Å². The number of guanidine groups is 1. The number of hydrogen-bond acceptors (Lipinski definition) is 3. The highest BCUT2D eigenvalue weighted by Gasteiger charge is 2.22. The first-order chi connectivity index (χ1) is 14.5. The summed E-state index contributed by atoms with van der Waals surface area (Å²) in [7, 11) is 1.62. The number of halogens is 3. The van der Waals surface area contributed by atoms with Crippen molar-refractivity contribution in [3.05, 3.63) is 70.5 Å². The van der Waals surface area contributed by atoms with Crippen LogP contribution < -0.4 is 10.6 Å². The molecule has 158 valence electrons. The quantitative estimate of drug-likeness (QED) is 0.581. The van der Waals surface area contributed by atoms with Crippen LogP contribution in [0.1, 0.15) is 29.5 Å². The zero-order chi connectivity index (χ0) is 21.5. The number of likely N-dealkylation sites (tertiary alicyclic amines) is 1. The van der Waals surface area contributed by atoms with Gasteiger partial charge in [-0.15, -0.1) is 0 Å². The third-order valence-corrected chi connectivity index (χ3v) is 5.13. The van der Waals surface area contributed by atoms with Gasteiger partial charge in [-0.1, -0.05) is 6.07 Å². The number of rotatable bonds is 5. The molecule has 0 aromatic heterocycles. The second-order valence-electron chi connectivity index (χ2n) is 7.26. The minimum absolute atomic E-state index is 0.0371. The van der Waals surface area contributed by atoms with Gasteiger partial charge in [-0.25, -0.2) is 13.2 Å². The molecule has 0 spiro atoms. The Kier molecular flexibility index (Phi) is 7.31. The summed E-state index contributed by atoms with van der Waals surface area (Å²) in [6.07, 6.45) is 1.76. The van der Waals surface area contributed by atoms with Crippen molar-refractivity contribution in [2.45, 2.75) is 32.0 Å². The number of nitrogens with one attached hydrogen (secondary N) is 2. The molecule has 1 unspecified atom stereocenters. The minimum atomic E-state index is -0.538. The molecule has 1 atom stereocenters. The summed E-state index contributed by atoms with van der Waals surface area (Å²) in [5, 5.41) is 15.3. The average Bonchev–Trinajstić information content (AvgIpc) is 2.75. The van der Waals surface area contributed by atoms with Gasteiger partial charge in [0.15, 0.2) is 5.96 Å². The predicted octanol–water partition coefficient (Wildman–Crippen LogP) is 3.31. The Hall–Kier alpha value is -3.05. The molecule has 0 aliphatic carbocycles. The van der Waals surface area contributed by atoms with E-state index in [2.05, 4.69) is 15.6 Å². The lowest BCUT2D eigenvalue weighted by Crippen LogP contribution is -2.50. The summed E-state index contributed by atoms with van der Waals surface area (Å²) in [4.78, 5) is 6.18. The van der Waals surface area contributed by atoms with Crippen LogP contribution in [0.25, 0.3) is 0 Å². The number of piperidine rings is 1. The summed E-state index contributed by atoms with van der Waals surface area (Å²) < 4.78 is 41.9. The zero-order valence-electron chi connectivity index (χ0n) is 16.8. The fraction of sp³-hybridized carbons (Fsp3) is 0.364. The Morgan fingerprint density at radius 3 is 2.67 bits per heavy atom. The van der Waals surface area contributed by atoms with Crippen molar-refractivity contribution in [2.24, 2.45) is 4.99 Å². The molecule has 1 aliphatic heterocycles. The molecule has 1 heterocycles. The van der Waals surface area contributed by atoms with E-state index in [1.54, 1.807) is 7.05 Å². The van der Waals surface area contributed by atoms with Crippen molar-refractivity contribution in [3.8, 4) is 6.07 Å². The summed E-state index contributed by atoms with van der Waals surface area (Å²) >= 11 is 0. The normalized spacial score (nSPS) is 17.4. The second kappa shape index (κ2) is 10.1. The van der Waals surface area contributed by atoms with E-state index < -0.39 is 17.5 Å². The van der Waals surface area contributed by atoms with E-state index in [1.165, 1.54) is 36.4 Å². The molecule has 1 saturated heterocycles. The number of aliphatic imine (C=N–C) groups is 1. The Bertz CT molecular complexity index is 934. The van der Waals surface area contributed by atoms with Gasteiger partial charge in [-0.3, -0.25) is 9.89 Å². The molecular weight excluding hydrogens is 391 g/mol. The maximum atomic E-state index is 14.0. The Morgan fingerprint density at radius 2 is 1.97 bits per heavy atom. The van der Waals surface area contributed by atoms with E-state index in [0.717, 1.165) is 19.4 Å². The molecule has 2 N–H and O–H groups in total. The van der Waals surface area contributed by atoms with E-state index >= 15 is 0 Å². The molecule has 0 amide bonds. The molecule has 30 heavy (non-hydrogen) atoms. The summed E-state index contributed by atoms with van der Waals surface area (Å²) in [6.45, 7) is 1.74. The topological polar surface area (TPSA) is 63.5 Å². The maximum Gasteiger partial charge on any atom is 0.191 e. The summed E-state index contributed by atoms with van der Waals surface area (Å²) in [6, 6.07) is 10.1. The first-order valence-corrected chi connectivity index (χ1v) is 9.81. The molecule has 1 fully saturated rings. The molecule has 1 aliphatic rings. The van der Waals surface area contributed by atoms with Crippen molar-refractivity contribution >= 4 is 5.96 Å². The Labute approximate surface area is 174 Å². The van der Waals surface area contributed by atoms with Gasteiger partial charge in [0.2, 0.25) is 0 Å². The van der Waals surface area contributed by atoms with E-state index in [0.29, 0.717) is 23.6 Å². The molecule has 0 bridgehead atoms. The van der Waals surface area contributed by atoms with Gasteiger partial charge in [0.25, 0.3) is 0 Å². The van der Waals surface area contributed by atoms with Gasteiger partial charge in [0.05, 0.1) is 11.6 Å². The van der Waals surface area contributed by atoms with E-state index in [4.69, 9.17) is 5.26 Å². The van der Waals surface area contributed by atoms with Gasteiger partial charge in [-0.2, -0.15) is 5.26 Å². The van der Waals surface area contributed by atoms with Crippen LogP contribution in [0.4, 0.5) is 13.2 Å².